The molecule has 17 nitrogen and oxygen atoms in total. The van der Waals surface area contributed by atoms with Crippen LogP contribution in [0.2, 0.25) is 0 Å². The summed E-state index contributed by atoms with van der Waals surface area (Å²) in [6.07, 6.45) is 2.67. The second-order valence-electron chi connectivity index (χ2n) is 16.9. The topological polar surface area (TPSA) is 197 Å². The van der Waals surface area contributed by atoms with Gasteiger partial charge >= 0.3 is 0 Å². The van der Waals surface area contributed by atoms with Gasteiger partial charge in [0, 0.05) is 80.2 Å². The average Bonchev–Trinajstić information content (AvgIpc) is 3.90. The molecule has 4 atom stereocenters. The Bertz CT molecular complexity index is 2540. The number of rotatable bonds is 11. The first-order chi connectivity index (χ1) is 29.4. The molecule has 318 valence electrons. The van der Waals surface area contributed by atoms with E-state index in [0.29, 0.717) is 58.4 Å². The predicted octanol–water partition coefficient (Wildman–Crippen LogP) is 2.83. The summed E-state index contributed by atoms with van der Waals surface area (Å²) in [6, 6.07) is 18.2. The van der Waals surface area contributed by atoms with E-state index in [1.807, 2.05) is 24.3 Å². The standard InChI is InChI=1S/C44H51N11O6/c1-4-17-53-40(58)33-24-45-43(49-38(33)55(53)36-7-5-6-35(47-36)44(2,3)61)46-28-8-10-29(11-9-28)51-21-19-50(20-22-51)25-27-16-18-52(26-27)30-12-13-31-32(23-30)42(60)54(41(31)59)34-14-15-37(56)48-39(34)57/h4-13,23-24,27,34,37,42,56,60-61H,1,14-22,25-26H2,2-3H3,(H,48,57)(H,45,46,49)/t27-,34?,37?,42?/m0/s1. The van der Waals surface area contributed by atoms with E-state index in [1.165, 1.54) is 15.8 Å². The minimum atomic E-state index is -1.21. The van der Waals surface area contributed by atoms with Gasteiger partial charge < -0.3 is 35.8 Å². The first-order valence-corrected chi connectivity index (χ1v) is 20.9. The van der Waals surface area contributed by atoms with E-state index in [1.54, 1.807) is 48.9 Å². The number of amides is 2. The number of carbonyl (C=O) groups is 2. The highest BCUT2D eigenvalue weighted by Gasteiger charge is 2.44. The molecule has 0 bridgehead atoms. The number of aromatic nitrogens is 5. The maximum absolute atomic E-state index is 13.4. The van der Waals surface area contributed by atoms with Crippen LogP contribution in [-0.4, -0.2) is 119 Å². The minimum absolute atomic E-state index is 0.229. The number of carbonyl (C=O) groups excluding carboxylic acids is 2. The number of nitrogens with zero attached hydrogens (tertiary/aromatic N) is 9. The monoisotopic (exact) mass is 829 g/mol. The first-order valence-electron chi connectivity index (χ1n) is 20.9. The van der Waals surface area contributed by atoms with E-state index in [4.69, 9.17) is 4.98 Å². The third kappa shape index (κ3) is 7.73. The number of hydrogen-bond acceptors (Lipinski definition) is 13. The lowest BCUT2D eigenvalue weighted by Crippen LogP contribution is -2.54. The number of pyridine rings is 1. The van der Waals surface area contributed by atoms with Gasteiger partial charge in [0.05, 0.1) is 12.2 Å². The third-order valence-electron chi connectivity index (χ3n) is 12.3. The molecule has 0 saturated carbocycles. The third-order valence-corrected chi connectivity index (χ3v) is 12.3. The summed E-state index contributed by atoms with van der Waals surface area (Å²) in [5.74, 6) is 0.428. The maximum Gasteiger partial charge on any atom is 0.278 e. The summed E-state index contributed by atoms with van der Waals surface area (Å²) in [5, 5.41) is 37.7. The molecule has 5 N–H and O–H groups in total. The van der Waals surface area contributed by atoms with Gasteiger partial charge in [0.15, 0.2) is 17.7 Å². The van der Waals surface area contributed by atoms with E-state index in [2.05, 4.69) is 54.0 Å². The molecule has 2 aromatic carbocycles. The van der Waals surface area contributed by atoms with E-state index in [0.717, 1.165) is 69.3 Å². The number of aliphatic hydroxyl groups is 3. The van der Waals surface area contributed by atoms with Crippen LogP contribution in [0.4, 0.5) is 23.0 Å². The van der Waals surface area contributed by atoms with Crippen molar-refractivity contribution < 1.29 is 24.9 Å². The molecule has 5 aromatic rings. The number of hydrogen-bond donors (Lipinski definition) is 5. The van der Waals surface area contributed by atoms with Crippen LogP contribution >= 0.6 is 0 Å². The second-order valence-corrected chi connectivity index (χ2v) is 16.9. The number of allylic oxidation sites excluding steroid dienone is 1. The number of fused-ring (bicyclic) bond motifs is 2. The fourth-order valence-corrected chi connectivity index (χ4v) is 9.06. The lowest BCUT2D eigenvalue weighted by Gasteiger charge is -2.37. The second kappa shape index (κ2) is 16.0. The number of benzene rings is 2. The Kier molecular flexibility index (Phi) is 10.6. The van der Waals surface area contributed by atoms with Crippen molar-refractivity contribution in [3.05, 3.63) is 107 Å². The van der Waals surface area contributed by atoms with Crippen LogP contribution in [0.1, 0.15) is 61.0 Å². The van der Waals surface area contributed by atoms with Crippen LogP contribution in [0.3, 0.4) is 0 Å². The van der Waals surface area contributed by atoms with Gasteiger partial charge in [-0.2, -0.15) is 4.98 Å². The molecule has 3 saturated heterocycles. The highest BCUT2D eigenvalue weighted by atomic mass is 16.3. The van der Waals surface area contributed by atoms with Crippen molar-refractivity contribution in [2.75, 3.05) is 60.9 Å². The van der Waals surface area contributed by atoms with Crippen molar-refractivity contribution in [1.29, 1.82) is 0 Å². The lowest BCUT2D eigenvalue weighted by molar-refractivity contribution is -0.136. The molecule has 3 fully saturated rings. The maximum atomic E-state index is 13.4. The van der Waals surface area contributed by atoms with Crippen LogP contribution in [0.5, 0.6) is 0 Å². The Morgan fingerprint density at radius 1 is 0.918 bits per heavy atom. The van der Waals surface area contributed by atoms with Crippen molar-refractivity contribution in [3.63, 3.8) is 0 Å². The molecule has 9 rings (SSSR count). The Hall–Kier alpha value is -6.14. The Balaban J connectivity index is 0.801. The lowest BCUT2D eigenvalue weighted by atomic mass is 10.0. The summed E-state index contributed by atoms with van der Waals surface area (Å²) >= 11 is 0. The number of piperidine rings is 1. The van der Waals surface area contributed by atoms with Crippen molar-refractivity contribution in [2.24, 2.45) is 5.92 Å². The number of nitrogens with one attached hydrogen (secondary N) is 2. The number of anilines is 4. The SMILES string of the molecule is C=CCn1c(=O)c2cnc(Nc3ccc(N4CCN(C[C@@H]5CCN(c6ccc7c(c6)C(O)N(C6CCC(O)NC6=O)C7=O)C5)CC4)cc3)nc2n1-c1cccc(C(C)(C)O)n1. The summed E-state index contributed by atoms with van der Waals surface area (Å²) < 4.78 is 3.14. The Morgan fingerprint density at radius 2 is 1.69 bits per heavy atom. The van der Waals surface area contributed by atoms with Crippen LogP contribution in [0, 0.1) is 5.92 Å². The zero-order valence-electron chi connectivity index (χ0n) is 34.3. The summed E-state index contributed by atoms with van der Waals surface area (Å²) in [4.78, 5) is 61.6. The van der Waals surface area contributed by atoms with Crippen molar-refractivity contribution in [1.82, 2.24) is 39.4 Å². The average molecular weight is 830 g/mol. The zero-order chi connectivity index (χ0) is 42.6. The number of aliphatic hydroxyl groups excluding tert-OH is 2. The minimum Gasteiger partial charge on any atom is -0.384 e. The van der Waals surface area contributed by atoms with Gasteiger partial charge in [-0.25, -0.2) is 19.3 Å². The Labute approximate surface area is 352 Å². The predicted molar refractivity (Wildman–Crippen MR) is 230 cm³/mol. The molecule has 4 aliphatic heterocycles. The van der Waals surface area contributed by atoms with Crippen LogP contribution in [-0.2, 0) is 16.9 Å². The number of piperazine rings is 1. The molecule has 0 radical (unpaired) electrons. The highest BCUT2D eigenvalue weighted by molar-refractivity contribution is 6.02. The van der Waals surface area contributed by atoms with Gasteiger partial charge in [0.2, 0.25) is 11.9 Å². The van der Waals surface area contributed by atoms with Gasteiger partial charge in [-0.3, -0.25) is 24.2 Å². The normalized spacial score (nSPS) is 22.2. The van der Waals surface area contributed by atoms with Gasteiger partial charge in [0.1, 0.15) is 23.3 Å². The molecule has 4 aliphatic rings. The van der Waals surface area contributed by atoms with E-state index in [-0.39, 0.29) is 18.0 Å². The molecule has 17 heteroatoms. The van der Waals surface area contributed by atoms with Crippen molar-refractivity contribution in [2.45, 2.75) is 63.8 Å². The fourth-order valence-electron chi connectivity index (χ4n) is 9.06. The van der Waals surface area contributed by atoms with Gasteiger partial charge in [0.25, 0.3) is 11.5 Å². The molecule has 3 unspecified atom stereocenters. The summed E-state index contributed by atoms with van der Waals surface area (Å²) in [5.41, 5.74) is 3.21. The fraction of sp³-hybridized carbons (Fsp3) is 0.409. The quantitative estimate of drug-likeness (QED) is 0.122. The van der Waals surface area contributed by atoms with Crippen LogP contribution in [0.15, 0.2) is 84.3 Å². The molecule has 7 heterocycles. The first kappa shape index (κ1) is 40.3. The van der Waals surface area contributed by atoms with E-state index in [9.17, 15) is 29.7 Å². The molecule has 0 aliphatic carbocycles. The van der Waals surface area contributed by atoms with Gasteiger partial charge in [-0.05, 0) is 93.6 Å². The molecule has 2 amide bonds. The van der Waals surface area contributed by atoms with Gasteiger partial charge in [-0.15, -0.1) is 6.58 Å². The van der Waals surface area contributed by atoms with E-state index < -0.39 is 30.0 Å². The molecule has 61 heavy (non-hydrogen) atoms. The molecule has 3 aromatic heterocycles. The zero-order valence-corrected chi connectivity index (χ0v) is 34.3. The van der Waals surface area contributed by atoms with Gasteiger partial charge in [-0.1, -0.05) is 12.1 Å². The summed E-state index contributed by atoms with van der Waals surface area (Å²) in [7, 11) is 0. The Morgan fingerprint density at radius 3 is 2.43 bits per heavy atom. The van der Waals surface area contributed by atoms with E-state index >= 15 is 0 Å². The highest BCUT2D eigenvalue weighted by Crippen LogP contribution is 2.38. The largest absolute Gasteiger partial charge is 0.384 e. The smallest absolute Gasteiger partial charge is 0.278 e. The van der Waals surface area contributed by atoms with Crippen molar-refractivity contribution in [3.8, 4) is 5.82 Å². The van der Waals surface area contributed by atoms with Crippen molar-refractivity contribution >= 4 is 45.9 Å². The molecular weight excluding hydrogens is 779 g/mol. The summed E-state index contributed by atoms with van der Waals surface area (Å²) in [6.45, 7) is 13.8. The van der Waals surface area contributed by atoms with Crippen LogP contribution < -0.4 is 26.0 Å². The molecular formula is C44H51N11O6. The van der Waals surface area contributed by atoms with Crippen LogP contribution in [0.25, 0.3) is 16.9 Å². The molecule has 0 spiro atoms.